The Morgan fingerprint density at radius 1 is 0.697 bits per heavy atom. The van der Waals surface area contributed by atoms with Crippen molar-refractivity contribution in [3.05, 3.63) is 83.7 Å². The van der Waals surface area contributed by atoms with Crippen LogP contribution >= 0.6 is 0 Å². The molecule has 0 bridgehead atoms. The van der Waals surface area contributed by atoms with Gasteiger partial charge in [0.1, 0.15) is 11.2 Å². The van der Waals surface area contributed by atoms with Gasteiger partial charge in [-0.1, -0.05) is 76.2 Å². The van der Waals surface area contributed by atoms with Gasteiger partial charge in [0.05, 0.1) is 5.69 Å². The van der Waals surface area contributed by atoms with Gasteiger partial charge in [-0.2, -0.15) is 0 Å². The Balaban J connectivity index is 1.69. The summed E-state index contributed by atoms with van der Waals surface area (Å²) in [4.78, 5) is 4.84. The van der Waals surface area contributed by atoms with Crippen molar-refractivity contribution in [1.82, 2.24) is 0 Å². The van der Waals surface area contributed by atoms with Crippen molar-refractivity contribution in [2.75, 3.05) is 9.80 Å². The Bertz CT molecular complexity index is 1350. The van der Waals surface area contributed by atoms with E-state index in [1.54, 1.807) is 0 Å². The second-order valence-corrected chi connectivity index (χ2v) is 10.3. The van der Waals surface area contributed by atoms with Gasteiger partial charge in [-0.25, -0.2) is 0 Å². The van der Waals surface area contributed by atoms with Crippen LogP contribution in [0, 0.1) is 6.92 Å². The molecular weight excluding hydrogens is 404 g/mol. The average Bonchev–Trinajstić information content (AvgIpc) is 3.29. The number of hydrogen-bond donors (Lipinski definition) is 0. The lowest BCUT2D eigenvalue weighted by Gasteiger charge is -2.43. The van der Waals surface area contributed by atoms with Gasteiger partial charge in [0.2, 0.25) is 0 Å². The van der Waals surface area contributed by atoms with Crippen molar-refractivity contribution in [1.29, 1.82) is 0 Å². The summed E-state index contributed by atoms with van der Waals surface area (Å²) in [5, 5.41) is 2.33. The number of nitrogens with zero attached hydrogens (tertiary/aromatic N) is 2. The van der Waals surface area contributed by atoms with Crippen LogP contribution in [-0.4, -0.2) is 5.66 Å². The van der Waals surface area contributed by atoms with Crippen molar-refractivity contribution in [2.45, 2.75) is 66.0 Å². The van der Waals surface area contributed by atoms with Gasteiger partial charge < -0.3 is 14.2 Å². The molecule has 0 N–H and O–H groups in total. The van der Waals surface area contributed by atoms with Gasteiger partial charge in [0.25, 0.3) is 0 Å². The molecule has 0 amide bonds. The van der Waals surface area contributed by atoms with Gasteiger partial charge in [-0.05, 0) is 55.4 Å². The number of rotatable bonds is 4. The molecule has 5 rings (SSSR count). The molecule has 2 heterocycles. The number of benzene rings is 3. The fraction of sp³-hybridized carbons (Fsp3) is 0.333. The smallest absolute Gasteiger partial charge is 0.159 e. The first-order valence-corrected chi connectivity index (χ1v) is 12.0. The van der Waals surface area contributed by atoms with Gasteiger partial charge >= 0.3 is 0 Å². The van der Waals surface area contributed by atoms with Crippen LogP contribution in [0.25, 0.3) is 21.9 Å². The lowest BCUT2D eigenvalue weighted by Crippen LogP contribution is -2.49. The molecule has 1 aliphatic rings. The van der Waals surface area contributed by atoms with Crippen LogP contribution in [0.1, 0.15) is 70.1 Å². The van der Waals surface area contributed by atoms with E-state index in [-0.39, 0.29) is 5.66 Å². The molecule has 1 aliphatic heterocycles. The van der Waals surface area contributed by atoms with Gasteiger partial charge in [-0.3, -0.25) is 0 Å². The molecule has 33 heavy (non-hydrogen) atoms. The maximum Gasteiger partial charge on any atom is 0.159 e. The Hall–Kier alpha value is -3.20. The second-order valence-electron chi connectivity index (χ2n) is 10.3. The summed E-state index contributed by atoms with van der Waals surface area (Å²) in [6, 6.07) is 19.5. The lowest BCUT2D eigenvalue weighted by atomic mass is 9.91. The molecule has 4 aromatic rings. The molecule has 3 aromatic carbocycles. The molecule has 1 aromatic heterocycles. The first-order valence-electron chi connectivity index (χ1n) is 12.0. The molecule has 0 saturated carbocycles. The van der Waals surface area contributed by atoms with Gasteiger partial charge in [-0.15, -0.1) is 0 Å². The number of aryl methyl sites for hydroxylation is 1. The van der Waals surface area contributed by atoms with Gasteiger partial charge in [0, 0.05) is 28.9 Å². The van der Waals surface area contributed by atoms with Crippen LogP contribution < -0.4 is 9.80 Å². The summed E-state index contributed by atoms with van der Waals surface area (Å²) < 4.78 is 6.44. The van der Waals surface area contributed by atoms with E-state index in [1.165, 1.54) is 33.2 Å². The van der Waals surface area contributed by atoms with Crippen LogP contribution in [0.3, 0.4) is 0 Å². The van der Waals surface area contributed by atoms with Crippen molar-refractivity contribution < 1.29 is 4.42 Å². The Kier molecular flexibility index (Phi) is 5.04. The third-order valence-corrected chi connectivity index (χ3v) is 7.09. The molecule has 0 radical (unpaired) electrons. The highest BCUT2D eigenvalue weighted by Crippen LogP contribution is 2.46. The number of furan rings is 1. The fourth-order valence-electron chi connectivity index (χ4n) is 5.27. The molecule has 0 atom stereocenters. The second kappa shape index (κ2) is 7.69. The maximum absolute atomic E-state index is 6.44. The predicted octanol–water partition coefficient (Wildman–Crippen LogP) is 8.68. The zero-order chi connectivity index (χ0) is 23.5. The van der Waals surface area contributed by atoms with Crippen LogP contribution in [-0.2, 0) is 0 Å². The van der Waals surface area contributed by atoms with E-state index in [1.807, 2.05) is 6.07 Å². The van der Waals surface area contributed by atoms with Crippen molar-refractivity contribution >= 4 is 33.3 Å². The van der Waals surface area contributed by atoms with E-state index >= 15 is 0 Å². The van der Waals surface area contributed by atoms with Crippen LogP contribution in [0.15, 0.2) is 71.4 Å². The molecule has 3 nitrogen and oxygen atoms in total. The number of hydrogen-bond acceptors (Lipinski definition) is 3. The SMILES string of the molecule is Cc1ccc2c(oc3ccccc32)c1N1C=CN(c2c(C(C)C)cccc2C(C)C)C1(C)C. The summed E-state index contributed by atoms with van der Waals surface area (Å²) in [6.07, 6.45) is 4.46. The highest BCUT2D eigenvalue weighted by molar-refractivity contribution is 6.09. The highest BCUT2D eigenvalue weighted by atomic mass is 16.3. The molecule has 0 aliphatic carbocycles. The largest absolute Gasteiger partial charge is 0.454 e. The van der Waals surface area contributed by atoms with Gasteiger partial charge in [0.15, 0.2) is 5.58 Å². The van der Waals surface area contributed by atoms with E-state index in [2.05, 4.69) is 119 Å². The summed E-state index contributed by atoms with van der Waals surface area (Å²) in [5.74, 6) is 0.884. The maximum atomic E-state index is 6.44. The Morgan fingerprint density at radius 2 is 1.30 bits per heavy atom. The zero-order valence-electron chi connectivity index (χ0n) is 20.8. The minimum Gasteiger partial charge on any atom is -0.454 e. The molecule has 0 fully saturated rings. The standard InChI is InChI=1S/C30H34N2O/c1-19(2)22-12-10-13-23(20(3)4)28(22)32-18-17-31(30(32,6)7)27-21(5)15-16-25-24-11-8-9-14-26(24)33-29(25)27/h8-20H,1-7H3. The quantitative estimate of drug-likeness (QED) is 0.318. The van der Waals surface area contributed by atoms with Crippen molar-refractivity contribution in [3.8, 4) is 0 Å². The molecular formula is C30H34N2O. The van der Waals surface area contributed by atoms with Crippen molar-refractivity contribution in [2.24, 2.45) is 0 Å². The monoisotopic (exact) mass is 438 g/mol. The van der Waals surface area contributed by atoms with E-state index in [0.29, 0.717) is 11.8 Å². The van der Waals surface area contributed by atoms with E-state index in [9.17, 15) is 0 Å². The average molecular weight is 439 g/mol. The van der Waals surface area contributed by atoms with E-state index in [4.69, 9.17) is 4.42 Å². The third kappa shape index (κ3) is 3.25. The number of anilines is 2. The third-order valence-electron chi connectivity index (χ3n) is 7.09. The molecule has 0 spiro atoms. The minimum atomic E-state index is -0.299. The summed E-state index contributed by atoms with van der Waals surface area (Å²) in [5.41, 5.74) is 8.05. The zero-order valence-corrected chi connectivity index (χ0v) is 20.8. The van der Waals surface area contributed by atoms with Crippen LogP contribution in [0.2, 0.25) is 0 Å². The molecule has 170 valence electrons. The summed E-state index contributed by atoms with van der Waals surface area (Å²) >= 11 is 0. The predicted molar refractivity (Wildman–Crippen MR) is 141 cm³/mol. The lowest BCUT2D eigenvalue weighted by molar-refractivity contribution is 0.525. The summed E-state index contributed by atoms with van der Waals surface area (Å²) in [6.45, 7) is 15.9. The fourth-order valence-corrected chi connectivity index (χ4v) is 5.27. The highest BCUT2D eigenvalue weighted by Gasteiger charge is 2.40. The summed E-state index contributed by atoms with van der Waals surface area (Å²) in [7, 11) is 0. The molecule has 0 saturated heterocycles. The minimum absolute atomic E-state index is 0.299. The van der Waals surface area contributed by atoms with E-state index < -0.39 is 0 Å². The molecule has 3 heteroatoms. The topological polar surface area (TPSA) is 19.6 Å². The van der Waals surface area contributed by atoms with Crippen LogP contribution in [0.5, 0.6) is 0 Å². The Morgan fingerprint density at radius 3 is 1.94 bits per heavy atom. The molecule has 0 unspecified atom stereocenters. The normalized spacial score (nSPS) is 15.7. The van der Waals surface area contributed by atoms with E-state index in [0.717, 1.165) is 16.9 Å². The number of fused-ring (bicyclic) bond motifs is 3. The van der Waals surface area contributed by atoms with Crippen LogP contribution in [0.4, 0.5) is 11.4 Å². The Labute approximate surface area is 197 Å². The van der Waals surface area contributed by atoms with Crippen molar-refractivity contribution in [3.63, 3.8) is 0 Å². The first kappa shape index (κ1) is 21.6. The number of para-hydroxylation sites is 2. The first-order chi connectivity index (χ1) is 15.7.